The monoisotopic (exact) mass is 415 g/mol. The Kier molecular flexibility index (Phi) is 6.84. The first-order valence-corrected chi connectivity index (χ1v) is 8.16. The van der Waals surface area contributed by atoms with Crippen molar-refractivity contribution in [3.05, 3.63) is 46.5 Å². The third-order valence-electron chi connectivity index (χ3n) is 3.70. The first-order chi connectivity index (χ1) is 12.1. The molecular formula is C15H15Cl2F4N3O2. The Balaban J connectivity index is 2.25. The van der Waals surface area contributed by atoms with Crippen LogP contribution in [0.4, 0.5) is 17.6 Å². The number of aliphatic hydroxyl groups is 1. The molecule has 0 saturated heterocycles. The van der Waals surface area contributed by atoms with E-state index in [0.29, 0.717) is 10.6 Å². The predicted octanol–water partition coefficient (Wildman–Crippen LogP) is 4.05. The molecule has 0 aliphatic carbocycles. The Morgan fingerprint density at radius 1 is 1.31 bits per heavy atom. The van der Waals surface area contributed by atoms with E-state index < -0.39 is 37.2 Å². The molecule has 0 fully saturated rings. The molecule has 1 heterocycles. The van der Waals surface area contributed by atoms with Gasteiger partial charge in [0.2, 0.25) is 0 Å². The van der Waals surface area contributed by atoms with Crippen molar-refractivity contribution in [3.8, 4) is 0 Å². The predicted molar refractivity (Wildman–Crippen MR) is 86.7 cm³/mol. The minimum Gasteiger partial charge on any atom is -0.390 e. The maximum Gasteiger partial charge on any atom is 0.416 e. The van der Waals surface area contributed by atoms with E-state index in [1.807, 2.05) is 0 Å². The fourth-order valence-corrected chi connectivity index (χ4v) is 2.82. The van der Waals surface area contributed by atoms with Crippen molar-refractivity contribution in [1.29, 1.82) is 0 Å². The van der Waals surface area contributed by atoms with Crippen LogP contribution < -0.4 is 0 Å². The minimum atomic E-state index is -4.60. The molecule has 0 aliphatic rings. The van der Waals surface area contributed by atoms with Gasteiger partial charge in [-0.2, -0.15) is 13.9 Å². The zero-order valence-electron chi connectivity index (χ0n) is 13.4. The Labute approximate surface area is 156 Å². The van der Waals surface area contributed by atoms with Crippen LogP contribution in [-0.2, 0) is 4.74 Å². The van der Waals surface area contributed by atoms with Crippen LogP contribution in [0.25, 0.3) is 0 Å². The van der Waals surface area contributed by atoms with Gasteiger partial charge in [0, 0.05) is 16.0 Å². The summed E-state index contributed by atoms with van der Waals surface area (Å²) in [6.07, 6.45) is -7.39. The second kappa shape index (κ2) is 8.51. The van der Waals surface area contributed by atoms with Crippen molar-refractivity contribution in [2.24, 2.45) is 5.92 Å². The molecular weight excluding hydrogens is 401 g/mol. The molecule has 26 heavy (non-hydrogen) atoms. The lowest BCUT2D eigenvalue weighted by molar-refractivity contribution is -0.305. The van der Waals surface area contributed by atoms with Gasteiger partial charge in [-0.25, -0.2) is 18.4 Å². The van der Waals surface area contributed by atoms with Crippen LogP contribution in [0.1, 0.15) is 18.5 Å². The van der Waals surface area contributed by atoms with Crippen molar-refractivity contribution in [2.75, 3.05) is 6.61 Å². The lowest BCUT2D eigenvalue weighted by atomic mass is 9.93. The largest absolute Gasteiger partial charge is 0.416 e. The number of hydrogen-bond donors (Lipinski definition) is 1. The fourth-order valence-electron chi connectivity index (χ4n) is 2.30. The minimum absolute atomic E-state index is 0.211. The summed E-state index contributed by atoms with van der Waals surface area (Å²) >= 11 is 12.0. The number of rotatable bonds is 8. The summed E-state index contributed by atoms with van der Waals surface area (Å²) in [6.45, 7) is 0.564. The van der Waals surface area contributed by atoms with Crippen LogP contribution in [-0.4, -0.2) is 45.1 Å². The zero-order valence-corrected chi connectivity index (χ0v) is 14.9. The number of aromatic nitrogens is 3. The fraction of sp³-hybridized carbons (Fsp3) is 0.467. The van der Waals surface area contributed by atoms with Crippen LogP contribution >= 0.6 is 23.2 Å². The summed E-state index contributed by atoms with van der Waals surface area (Å²) in [5.41, 5.74) is 0.404. The van der Waals surface area contributed by atoms with Crippen LogP contribution in [0.2, 0.25) is 10.0 Å². The SMILES string of the molecule is CC(COC(F)(F)C(F)F)C(O)C(c1ccc(Cl)cc1Cl)n1cncn1. The molecule has 0 spiro atoms. The number of halogens is 6. The molecule has 0 radical (unpaired) electrons. The molecule has 1 aromatic carbocycles. The van der Waals surface area contributed by atoms with E-state index in [9.17, 15) is 22.7 Å². The number of hydrogen-bond acceptors (Lipinski definition) is 4. The lowest BCUT2D eigenvalue weighted by Crippen LogP contribution is -2.37. The second-order valence-corrected chi connectivity index (χ2v) is 6.47. The molecule has 0 bridgehead atoms. The summed E-state index contributed by atoms with van der Waals surface area (Å²) in [4.78, 5) is 3.79. The van der Waals surface area contributed by atoms with Crippen LogP contribution in [0.3, 0.4) is 0 Å². The standard InChI is InChI=1S/C15H15Cl2F4N3O2/c1-8(5-26-15(20,21)14(18)19)13(25)12(24-7-22-6-23-24)10-3-2-9(16)4-11(10)17/h2-4,6-8,12-14,25H,5H2,1H3. The Hall–Kier alpha value is -1.42. The first kappa shape index (κ1) is 20.9. The number of ether oxygens (including phenoxy) is 1. The molecule has 3 unspecified atom stereocenters. The highest BCUT2D eigenvalue weighted by atomic mass is 35.5. The van der Waals surface area contributed by atoms with E-state index >= 15 is 0 Å². The van der Waals surface area contributed by atoms with Gasteiger partial charge in [-0.1, -0.05) is 36.2 Å². The highest BCUT2D eigenvalue weighted by Gasteiger charge is 2.43. The van der Waals surface area contributed by atoms with Gasteiger partial charge in [0.1, 0.15) is 18.7 Å². The number of alkyl halides is 4. The van der Waals surface area contributed by atoms with E-state index in [2.05, 4.69) is 14.8 Å². The number of nitrogens with zero attached hydrogens (tertiary/aromatic N) is 3. The van der Waals surface area contributed by atoms with Gasteiger partial charge in [0.25, 0.3) is 0 Å². The maximum atomic E-state index is 13.0. The molecule has 11 heteroatoms. The molecule has 1 aromatic heterocycles. The normalized spacial score (nSPS) is 15.9. The maximum absolute atomic E-state index is 13.0. The first-order valence-electron chi connectivity index (χ1n) is 7.40. The molecule has 2 rings (SSSR count). The molecule has 0 amide bonds. The Morgan fingerprint density at radius 3 is 2.54 bits per heavy atom. The van der Waals surface area contributed by atoms with Crippen molar-refractivity contribution < 1.29 is 27.4 Å². The van der Waals surface area contributed by atoms with Gasteiger partial charge in [0.15, 0.2) is 0 Å². The molecule has 2 aromatic rings. The van der Waals surface area contributed by atoms with Crippen molar-refractivity contribution >= 4 is 23.2 Å². The summed E-state index contributed by atoms with van der Waals surface area (Å²) < 4.78 is 55.6. The second-order valence-electron chi connectivity index (χ2n) is 5.63. The average Bonchev–Trinajstić information content (AvgIpc) is 3.08. The van der Waals surface area contributed by atoms with Gasteiger partial charge in [-0.05, 0) is 17.7 Å². The highest BCUT2D eigenvalue weighted by Crippen LogP contribution is 2.33. The summed E-state index contributed by atoms with van der Waals surface area (Å²) in [6, 6.07) is 3.61. The van der Waals surface area contributed by atoms with E-state index in [1.165, 1.54) is 36.4 Å². The Morgan fingerprint density at radius 2 is 2.00 bits per heavy atom. The van der Waals surface area contributed by atoms with Crippen molar-refractivity contribution in [3.63, 3.8) is 0 Å². The van der Waals surface area contributed by atoms with E-state index in [1.54, 1.807) is 6.07 Å². The van der Waals surface area contributed by atoms with Crippen LogP contribution in [0.15, 0.2) is 30.9 Å². The van der Waals surface area contributed by atoms with Crippen LogP contribution in [0.5, 0.6) is 0 Å². The van der Waals surface area contributed by atoms with Gasteiger partial charge >= 0.3 is 12.5 Å². The van der Waals surface area contributed by atoms with E-state index in [-0.39, 0.29) is 5.02 Å². The summed E-state index contributed by atoms with van der Waals surface area (Å²) in [5, 5.41) is 15.2. The molecule has 5 nitrogen and oxygen atoms in total. The molecule has 0 aliphatic heterocycles. The number of aliphatic hydroxyl groups excluding tert-OH is 1. The van der Waals surface area contributed by atoms with E-state index in [0.717, 1.165) is 0 Å². The zero-order chi connectivity index (χ0) is 19.5. The summed E-state index contributed by atoms with van der Waals surface area (Å²) in [7, 11) is 0. The van der Waals surface area contributed by atoms with Crippen LogP contribution in [0, 0.1) is 5.92 Å². The third-order valence-corrected chi connectivity index (χ3v) is 4.26. The van der Waals surface area contributed by atoms with Gasteiger partial charge in [0.05, 0.1) is 12.7 Å². The van der Waals surface area contributed by atoms with Gasteiger partial charge in [-0.3, -0.25) is 0 Å². The molecule has 0 saturated carbocycles. The van der Waals surface area contributed by atoms with Crippen molar-refractivity contribution in [1.82, 2.24) is 14.8 Å². The molecule has 3 atom stereocenters. The smallest absolute Gasteiger partial charge is 0.390 e. The third kappa shape index (κ3) is 4.85. The Bertz CT molecular complexity index is 719. The van der Waals surface area contributed by atoms with Crippen molar-refractivity contribution in [2.45, 2.75) is 31.6 Å². The average molecular weight is 416 g/mol. The molecule has 144 valence electrons. The topological polar surface area (TPSA) is 60.2 Å². The number of benzene rings is 1. The van der Waals surface area contributed by atoms with Gasteiger partial charge < -0.3 is 9.84 Å². The molecule has 1 N–H and O–H groups in total. The summed E-state index contributed by atoms with van der Waals surface area (Å²) in [5.74, 6) is -0.958. The quantitative estimate of drug-likeness (QED) is 0.660. The highest BCUT2D eigenvalue weighted by molar-refractivity contribution is 6.35. The van der Waals surface area contributed by atoms with Gasteiger partial charge in [-0.15, -0.1) is 0 Å². The lowest BCUT2D eigenvalue weighted by Gasteiger charge is -2.29. The van der Waals surface area contributed by atoms with E-state index in [4.69, 9.17) is 23.2 Å².